The maximum absolute atomic E-state index is 12.6. The highest BCUT2D eigenvalue weighted by molar-refractivity contribution is 6.29. The van der Waals surface area contributed by atoms with E-state index in [4.69, 9.17) is 11.6 Å². The summed E-state index contributed by atoms with van der Waals surface area (Å²) >= 11 is 5.23. The van der Waals surface area contributed by atoms with Crippen LogP contribution in [0.25, 0.3) is 0 Å². The molecule has 4 nitrogen and oxygen atoms in total. The quantitative estimate of drug-likeness (QED) is 0.622. The number of halogens is 2. The summed E-state index contributed by atoms with van der Waals surface area (Å²) in [6.45, 7) is 0. The van der Waals surface area contributed by atoms with E-state index in [0.29, 0.717) is 0 Å². The van der Waals surface area contributed by atoms with Crippen LogP contribution in [0.4, 0.5) is 4.39 Å². The van der Waals surface area contributed by atoms with Gasteiger partial charge in [0, 0.05) is 6.07 Å². The first-order chi connectivity index (χ1) is 5.65. The van der Waals surface area contributed by atoms with E-state index in [2.05, 4.69) is 14.9 Å². The van der Waals surface area contributed by atoms with Crippen molar-refractivity contribution < 1.29 is 13.9 Å². The summed E-state index contributed by atoms with van der Waals surface area (Å²) < 4.78 is 16.9. The SMILES string of the molecule is COC(=O)c1cc(F)c(Cl)nn1. The van der Waals surface area contributed by atoms with E-state index in [0.717, 1.165) is 13.2 Å². The Morgan fingerprint density at radius 3 is 2.83 bits per heavy atom. The van der Waals surface area contributed by atoms with Crippen LogP contribution in [-0.4, -0.2) is 23.3 Å². The lowest BCUT2D eigenvalue weighted by Gasteiger charge is -1.96. The van der Waals surface area contributed by atoms with Crippen LogP contribution in [0.1, 0.15) is 10.5 Å². The lowest BCUT2D eigenvalue weighted by atomic mass is 10.4. The third kappa shape index (κ3) is 1.68. The standard InChI is InChI=1S/C6H4ClFN2O2/c1-12-6(11)4-2-3(8)5(7)10-9-4/h2H,1H3. The molecule has 0 saturated carbocycles. The van der Waals surface area contributed by atoms with Gasteiger partial charge in [-0.2, -0.15) is 0 Å². The Bertz CT molecular complexity index is 318. The van der Waals surface area contributed by atoms with E-state index < -0.39 is 11.8 Å². The van der Waals surface area contributed by atoms with Crippen molar-refractivity contribution in [2.24, 2.45) is 0 Å². The number of hydrogen-bond acceptors (Lipinski definition) is 4. The molecule has 6 heteroatoms. The smallest absolute Gasteiger partial charge is 0.358 e. The fourth-order valence-corrected chi connectivity index (χ4v) is 0.651. The number of carbonyl (C=O) groups excluding carboxylic acids is 1. The zero-order valence-corrected chi connectivity index (χ0v) is 6.80. The van der Waals surface area contributed by atoms with Crippen LogP contribution in [0.5, 0.6) is 0 Å². The molecule has 1 aromatic heterocycles. The van der Waals surface area contributed by atoms with E-state index in [-0.39, 0.29) is 10.8 Å². The lowest BCUT2D eigenvalue weighted by Crippen LogP contribution is -2.06. The van der Waals surface area contributed by atoms with Crippen molar-refractivity contribution in [1.29, 1.82) is 0 Å². The maximum Gasteiger partial charge on any atom is 0.358 e. The number of hydrogen-bond donors (Lipinski definition) is 0. The number of aromatic nitrogens is 2. The van der Waals surface area contributed by atoms with Gasteiger partial charge in [-0.25, -0.2) is 9.18 Å². The summed E-state index contributed by atoms with van der Waals surface area (Å²) in [5.74, 6) is -1.55. The molecule has 0 N–H and O–H groups in total. The van der Waals surface area contributed by atoms with Crippen LogP contribution in [0.2, 0.25) is 5.15 Å². The molecule has 1 aromatic rings. The third-order valence-corrected chi connectivity index (χ3v) is 1.36. The van der Waals surface area contributed by atoms with Crippen molar-refractivity contribution >= 4 is 17.6 Å². The number of ether oxygens (including phenoxy) is 1. The first kappa shape index (κ1) is 8.86. The van der Waals surface area contributed by atoms with Gasteiger partial charge in [0.25, 0.3) is 0 Å². The lowest BCUT2D eigenvalue weighted by molar-refractivity contribution is 0.0592. The van der Waals surface area contributed by atoms with Crippen molar-refractivity contribution in [2.45, 2.75) is 0 Å². The highest BCUT2D eigenvalue weighted by Crippen LogP contribution is 2.09. The van der Waals surface area contributed by atoms with Crippen LogP contribution < -0.4 is 0 Å². The second kappa shape index (κ2) is 3.44. The summed E-state index contributed by atoms with van der Waals surface area (Å²) in [7, 11) is 1.16. The number of rotatable bonds is 1. The first-order valence-corrected chi connectivity index (χ1v) is 3.30. The van der Waals surface area contributed by atoms with E-state index in [1.807, 2.05) is 0 Å². The second-order valence-electron chi connectivity index (χ2n) is 1.86. The Labute approximate surface area is 72.3 Å². The largest absolute Gasteiger partial charge is 0.464 e. The van der Waals surface area contributed by atoms with Gasteiger partial charge in [-0.3, -0.25) is 0 Å². The fourth-order valence-electron chi connectivity index (χ4n) is 0.558. The molecule has 0 unspecified atom stereocenters. The molecule has 0 radical (unpaired) electrons. The molecule has 0 aromatic carbocycles. The number of methoxy groups -OCH3 is 1. The van der Waals surface area contributed by atoms with Crippen LogP contribution in [0.15, 0.2) is 6.07 Å². The molecule has 1 heterocycles. The van der Waals surface area contributed by atoms with Crippen molar-refractivity contribution in [1.82, 2.24) is 10.2 Å². The summed E-state index contributed by atoms with van der Waals surface area (Å²) in [4.78, 5) is 10.7. The molecule has 0 atom stereocenters. The highest BCUT2D eigenvalue weighted by atomic mass is 35.5. The minimum atomic E-state index is -0.799. The summed E-state index contributed by atoms with van der Waals surface area (Å²) in [6, 6.07) is 0.862. The van der Waals surface area contributed by atoms with Gasteiger partial charge in [0.1, 0.15) is 0 Å². The molecule has 0 bridgehead atoms. The molecule has 64 valence electrons. The van der Waals surface area contributed by atoms with Gasteiger partial charge in [0.15, 0.2) is 16.7 Å². The van der Waals surface area contributed by atoms with E-state index >= 15 is 0 Å². The molecule has 0 aliphatic heterocycles. The van der Waals surface area contributed by atoms with E-state index in [1.54, 1.807) is 0 Å². The predicted octanol–water partition coefficient (Wildman–Crippen LogP) is 1.06. The molecule has 0 aliphatic rings. The summed E-state index contributed by atoms with van der Waals surface area (Å²) in [5, 5.41) is 6.13. The Balaban J connectivity index is 3.05. The minimum absolute atomic E-state index is 0.209. The third-order valence-electron chi connectivity index (χ3n) is 1.10. The van der Waals surface area contributed by atoms with Crippen molar-refractivity contribution in [3.8, 4) is 0 Å². The number of carbonyl (C=O) groups is 1. The van der Waals surface area contributed by atoms with Gasteiger partial charge in [0.05, 0.1) is 7.11 Å². The van der Waals surface area contributed by atoms with Crippen LogP contribution in [-0.2, 0) is 4.74 Å². The van der Waals surface area contributed by atoms with Crippen LogP contribution >= 0.6 is 11.6 Å². The van der Waals surface area contributed by atoms with E-state index in [9.17, 15) is 9.18 Å². The highest BCUT2D eigenvalue weighted by Gasteiger charge is 2.11. The zero-order valence-electron chi connectivity index (χ0n) is 6.04. The Hall–Kier alpha value is -1.23. The molecule has 0 saturated heterocycles. The van der Waals surface area contributed by atoms with Crippen LogP contribution in [0.3, 0.4) is 0 Å². The van der Waals surface area contributed by atoms with Gasteiger partial charge in [-0.05, 0) is 0 Å². The first-order valence-electron chi connectivity index (χ1n) is 2.92. The molecular weight excluding hydrogens is 187 g/mol. The van der Waals surface area contributed by atoms with E-state index in [1.165, 1.54) is 0 Å². The van der Waals surface area contributed by atoms with Gasteiger partial charge in [-0.15, -0.1) is 10.2 Å². The normalized spacial score (nSPS) is 9.58. The van der Waals surface area contributed by atoms with Crippen molar-refractivity contribution in [2.75, 3.05) is 7.11 Å². The predicted molar refractivity (Wildman–Crippen MR) is 38.3 cm³/mol. The topological polar surface area (TPSA) is 52.1 Å². The Kier molecular flexibility index (Phi) is 2.54. The zero-order chi connectivity index (χ0) is 9.14. The van der Waals surface area contributed by atoms with Crippen molar-refractivity contribution in [3.05, 3.63) is 22.7 Å². The average molecular weight is 191 g/mol. The van der Waals surface area contributed by atoms with Crippen molar-refractivity contribution in [3.63, 3.8) is 0 Å². The fraction of sp³-hybridized carbons (Fsp3) is 0.167. The summed E-state index contributed by atoms with van der Waals surface area (Å²) in [5.41, 5.74) is -0.209. The second-order valence-corrected chi connectivity index (χ2v) is 2.22. The summed E-state index contributed by atoms with van der Waals surface area (Å²) in [6.07, 6.45) is 0. The van der Waals surface area contributed by atoms with Crippen LogP contribution in [0, 0.1) is 5.82 Å². The molecule has 0 amide bonds. The average Bonchev–Trinajstić information content (AvgIpc) is 2.08. The molecular formula is C6H4ClFN2O2. The molecule has 0 aliphatic carbocycles. The minimum Gasteiger partial charge on any atom is -0.464 e. The molecule has 12 heavy (non-hydrogen) atoms. The monoisotopic (exact) mass is 190 g/mol. The van der Waals surface area contributed by atoms with Gasteiger partial charge < -0.3 is 4.74 Å². The Morgan fingerprint density at radius 2 is 2.33 bits per heavy atom. The van der Waals surface area contributed by atoms with Gasteiger partial charge in [0.2, 0.25) is 0 Å². The maximum atomic E-state index is 12.6. The molecule has 0 fully saturated rings. The number of esters is 1. The van der Waals surface area contributed by atoms with Gasteiger partial charge in [-0.1, -0.05) is 11.6 Å². The number of nitrogens with zero attached hydrogens (tertiary/aromatic N) is 2. The van der Waals surface area contributed by atoms with Gasteiger partial charge >= 0.3 is 5.97 Å². The molecule has 1 rings (SSSR count). The Morgan fingerprint density at radius 1 is 1.67 bits per heavy atom. The molecule has 0 spiro atoms.